The molecule has 0 spiro atoms. The number of rotatable bonds is 4. The molecule has 0 saturated carbocycles. The van der Waals surface area contributed by atoms with Crippen molar-refractivity contribution in [1.82, 2.24) is 4.98 Å². The van der Waals surface area contributed by atoms with Crippen LogP contribution >= 0.6 is 0 Å². The van der Waals surface area contributed by atoms with Crippen LogP contribution in [-0.2, 0) is 6.54 Å². The summed E-state index contributed by atoms with van der Waals surface area (Å²) in [5.74, 6) is 0.0265. The van der Waals surface area contributed by atoms with Crippen LogP contribution in [-0.4, -0.2) is 17.0 Å². The van der Waals surface area contributed by atoms with Gasteiger partial charge in [0.15, 0.2) is 5.69 Å². The number of methoxy groups -OCH3 is 1. The molecule has 0 aromatic carbocycles. The van der Waals surface area contributed by atoms with Crippen LogP contribution in [0.3, 0.4) is 0 Å². The van der Waals surface area contributed by atoms with E-state index in [-0.39, 0.29) is 18.0 Å². The molecule has 0 saturated heterocycles. The van der Waals surface area contributed by atoms with E-state index in [2.05, 4.69) is 4.98 Å². The Balaban J connectivity index is 3.41. The fourth-order valence-corrected chi connectivity index (χ4v) is 1.17. The van der Waals surface area contributed by atoms with Gasteiger partial charge in [-0.1, -0.05) is 0 Å². The van der Waals surface area contributed by atoms with Crippen LogP contribution in [0.4, 0.5) is 14.5 Å². The van der Waals surface area contributed by atoms with E-state index >= 15 is 0 Å². The van der Waals surface area contributed by atoms with Crippen molar-refractivity contribution >= 4 is 5.69 Å². The predicted molar refractivity (Wildman–Crippen MR) is 50.3 cm³/mol. The van der Waals surface area contributed by atoms with Gasteiger partial charge in [0, 0.05) is 6.54 Å². The van der Waals surface area contributed by atoms with Crippen molar-refractivity contribution in [2.45, 2.75) is 13.0 Å². The minimum Gasteiger partial charge on any atom is -0.495 e. The molecule has 2 N–H and O–H groups in total. The Hall–Kier alpha value is -1.83. The minimum absolute atomic E-state index is 0.0265. The van der Waals surface area contributed by atoms with E-state index in [9.17, 15) is 18.9 Å². The predicted octanol–water partition coefficient (Wildman–Crippen LogP) is 1.39. The van der Waals surface area contributed by atoms with Crippen molar-refractivity contribution in [2.24, 2.45) is 5.73 Å². The number of nitrogens with two attached hydrogens (primary N) is 1. The van der Waals surface area contributed by atoms with Gasteiger partial charge in [-0.05, 0) is 0 Å². The number of halogens is 2. The first-order valence-corrected chi connectivity index (χ1v) is 4.21. The summed E-state index contributed by atoms with van der Waals surface area (Å²) < 4.78 is 29.8. The highest BCUT2D eigenvalue weighted by molar-refractivity contribution is 5.45. The molecule has 1 rings (SSSR count). The van der Waals surface area contributed by atoms with Crippen LogP contribution < -0.4 is 10.5 Å². The lowest BCUT2D eigenvalue weighted by Gasteiger charge is -2.08. The smallest absolute Gasteiger partial charge is 0.300 e. The van der Waals surface area contributed by atoms with Gasteiger partial charge in [0.05, 0.1) is 23.8 Å². The van der Waals surface area contributed by atoms with Gasteiger partial charge in [0.25, 0.3) is 12.1 Å². The van der Waals surface area contributed by atoms with Crippen LogP contribution in [0.2, 0.25) is 0 Å². The molecule has 1 aromatic heterocycles. The van der Waals surface area contributed by atoms with Gasteiger partial charge in [-0.3, -0.25) is 10.1 Å². The number of pyridine rings is 1. The summed E-state index contributed by atoms with van der Waals surface area (Å²) in [5, 5.41) is 10.5. The summed E-state index contributed by atoms with van der Waals surface area (Å²) in [6, 6.07) is 0.899. The number of alkyl halides is 2. The minimum atomic E-state index is -3.03. The average Bonchev–Trinajstić information content (AvgIpc) is 2.26. The first-order chi connectivity index (χ1) is 7.51. The maximum atomic E-state index is 12.5. The monoisotopic (exact) mass is 233 g/mol. The second-order valence-corrected chi connectivity index (χ2v) is 2.80. The number of hydrogen-bond donors (Lipinski definition) is 1. The summed E-state index contributed by atoms with van der Waals surface area (Å²) in [4.78, 5) is 13.0. The Labute approximate surface area is 89.2 Å². The summed E-state index contributed by atoms with van der Waals surface area (Å²) >= 11 is 0. The normalized spacial score (nSPS) is 10.6. The molecule has 1 heterocycles. The van der Waals surface area contributed by atoms with Crippen molar-refractivity contribution < 1.29 is 18.4 Å². The van der Waals surface area contributed by atoms with Gasteiger partial charge < -0.3 is 10.5 Å². The topological polar surface area (TPSA) is 91.3 Å². The van der Waals surface area contributed by atoms with Crippen LogP contribution in [0.5, 0.6) is 5.75 Å². The maximum Gasteiger partial charge on any atom is 0.300 e. The van der Waals surface area contributed by atoms with E-state index in [0.29, 0.717) is 0 Å². The second kappa shape index (κ2) is 4.79. The van der Waals surface area contributed by atoms with Crippen molar-refractivity contribution in [3.8, 4) is 5.75 Å². The molecule has 0 aliphatic heterocycles. The van der Waals surface area contributed by atoms with E-state index in [1.165, 1.54) is 7.11 Å². The Bertz CT molecular complexity index is 412. The molecule has 0 bridgehead atoms. The molecule has 0 fully saturated rings. The first-order valence-electron chi connectivity index (χ1n) is 4.21. The largest absolute Gasteiger partial charge is 0.495 e. The van der Waals surface area contributed by atoms with Gasteiger partial charge in [0.1, 0.15) is 5.75 Å². The number of nitrogens with zero attached hydrogens (tertiary/aromatic N) is 2. The van der Waals surface area contributed by atoms with Crippen LogP contribution in [0.15, 0.2) is 6.07 Å². The zero-order chi connectivity index (χ0) is 12.3. The third-order valence-corrected chi connectivity index (χ3v) is 1.89. The lowest BCUT2D eigenvalue weighted by Crippen LogP contribution is -2.08. The summed E-state index contributed by atoms with van der Waals surface area (Å²) in [6.45, 7) is -0.138. The first kappa shape index (κ1) is 12.2. The van der Waals surface area contributed by atoms with E-state index in [1.54, 1.807) is 0 Å². The van der Waals surface area contributed by atoms with Gasteiger partial charge in [-0.15, -0.1) is 0 Å². The van der Waals surface area contributed by atoms with E-state index in [1.807, 2.05) is 0 Å². The maximum absolute atomic E-state index is 12.5. The zero-order valence-corrected chi connectivity index (χ0v) is 8.31. The van der Waals surface area contributed by atoms with Crippen LogP contribution in [0, 0.1) is 10.1 Å². The quantitative estimate of drug-likeness (QED) is 0.626. The molecule has 0 radical (unpaired) electrons. The number of ether oxygens (including phenoxy) is 1. The molecule has 0 aliphatic rings. The van der Waals surface area contributed by atoms with Crippen molar-refractivity contribution in [2.75, 3.05) is 7.11 Å². The van der Waals surface area contributed by atoms with Crippen molar-refractivity contribution in [3.05, 3.63) is 27.6 Å². The summed E-state index contributed by atoms with van der Waals surface area (Å²) in [7, 11) is 1.25. The fraction of sp³-hybridized carbons (Fsp3) is 0.375. The van der Waals surface area contributed by atoms with Crippen LogP contribution in [0.1, 0.15) is 17.8 Å². The molecule has 1 aromatic rings. The Morgan fingerprint density at radius 3 is 2.69 bits per heavy atom. The molecular weight excluding hydrogens is 224 g/mol. The summed E-state index contributed by atoms with van der Waals surface area (Å²) in [6.07, 6.45) is -3.03. The van der Waals surface area contributed by atoms with E-state index in [0.717, 1.165) is 6.07 Å². The fourth-order valence-electron chi connectivity index (χ4n) is 1.17. The highest BCUT2D eigenvalue weighted by Crippen LogP contribution is 2.31. The lowest BCUT2D eigenvalue weighted by atomic mass is 10.2. The molecule has 0 amide bonds. The average molecular weight is 233 g/mol. The summed E-state index contributed by atoms with van der Waals surface area (Å²) in [5.41, 5.74) is 3.65. The van der Waals surface area contributed by atoms with Gasteiger partial charge in [0.2, 0.25) is 0 Å². The SMILES string of the molecule is COc1cc([N+](=O)[O-])c(C(F)F)nc1CN. The lowest BCUT2D eigenvalue weighted by molar-refractivity contribution is -0.386. The van der Waals surface area contributed by atoms with Gasteiger partial charge >= 0.3 is 0 Å². The second-order valence-electron chi connectivity index (χ2n) is 2.80. The third kappa shape index (κ3) is 2.22. The van der Waals surface area contributed by atoms with Gasteiger partial charge in [-0.25, -0.2) is 13.8 Å². The Morgan fingerprint density at radius 1 is 1.69 bits per heavy atom. The molecular formula is C8H9F2N3O3. The Morgan fingerprint density at radius 2 is 2.31 bits per heavy atom. The molecule has 88 valence electrons. The number of aromatic nitrogens is 1. The number of hydrogen-bond acceptors (Lipinski definition) is 5. The molecule has 16 heavy (non-hydrogen) atoms. The standard InChI is InChI=1S/C8H9F2N3O3/c1-16-6-2-5(13(14)15)7(8(9)10)12-4(6)3-11/h2,8H,3,11H2,1H3. The van der Waals surface area contributed by atoms with Crippen molar-refractivity contribution in [3.63, 3.8) is 0 Å². The molecule has 8 heteroatoms. The molecule has 6 nitrogen and oxygen atoms in total. The van der Waals surface area contributed by atoms with E-state index < -0.39 is 22.7 Å². The van der Waals surface area contributed by atoms with E-state index in [4.69, 9.17) is 10.5 Å². The molecule has 0 unspecified atom stereocenters. The van der Waals surface area contributed by atoms with Crippen LogP contribution in [0.25, 0.3) is 0 Å². The number of nitro groups is 1. The van der Waals surface area contributed by atoms with Crippen molar-refractivity contribution in [1.29, 1.82) is 0 Å². The molecule has 0 aliphatic carbocycles. The van der Waals surface area contributed by atoms with Gasteiger partial charge in [-0.2, -0.15) is 0 Å². The third-order valence-electron chi connectivity index (χ3n) is 1.89. The molecule has 0 atom stereocenters. The Kier molecular flexibility index (Phi) is 3.67. The highest BCUT2D eigenvalue weighted by Gasteiger charge is 2.26. The highest BCUT2D eigenvalue weighted by atomic mass is 19.3. The zero-order valence-electron chi connectivity index (χ0n) is 8.31.